The summed E-state index contributed by atoms with van der Waals surface area (Å²) in [5.74, 6) is 1.14. The molecule has 0 aliphatic rings. The van der Waals surface area contributed by atoms with Crippen molar-refractivity contribution >= 4 is 11.9 Å². The van der Waals surface area contributed by atoms with E-state index in [4.69, 9.17) is 9.47 Å². The second-order valence-electron chi connectivity index (χ2n) is 13.1. The van der Waals surface area contributed by atoms with E-state index in [2.05, 4.69) is 27.7 Å². The van der Waals surface area contributed by atoms with Crippen molar-refractivity contribution in [3.8, 4) is 0 Å². The maximum Gasteiger partial charge on any atom is 0.305 e. The average Bonchev–Trinajstić information content (AvgIpc) is 2.95. The van der Waals surface area contributed by atoms with Crippen LogP contribution in [-0.2, 0) is 19.1 Å². The highest BCUT2D eigenvalue weighted by atomic mass is 16.6. The fourth-order valence-electron chi connectivity index (χ4n) is 5.19. The van der Waals surface area contributed by atoms with E-state index >= 15 is 0 Å². The van der Waals surface area contributed by atoms with Crippen molar-refractivity contribution in [2.24, 2.45) is 11.8 Å². The summed E-state index contributed by atoms with van der Waals surface area (Å²) < 4.78 is 10.3. The standard InChI is InChI=1S/C36H70O5/c1-5-33(4)27-23-19-15-12-13-17-21-25-29-36(39)41-31-34(37)30-40-35(38)28-24-20-16-11-9-7-6-8-10-14-18-22-26-32(2)3/h32-34,37H,5-31H2,1-4H3/t33?,34-/m0/s1. The molecule has 2 atom stereocenters. The van der Waals surface area contributed by atoms with Crippen molar-refractivity contribution in [3.63, 3.8) is 0 Å². The highest BCUT2D eigenvalue weighted by Crippen LogP contribution is 2.16. The first-order valence-electron chi connectivity index (χ1n) is 17.8. The zero-order valence-corrected chi connectivity index (χ0v) is 27.9. The topological polar surface area (TPSA) is 72.8 Å². The van der Waals surface area contributed by atoms with Crippen LogP contribution in [0.5, 0.6) is 0 Å². The Kier molecular flexibility index (Phi) is 29.5. The number of unbranched alkanes of at least 4 members (excludes halogenated alkanes) is 18. The van der Waals surface area contributed by atoms with Crippen molar-refractivity contribution in [2.75, 3.05) is 13.2 Å². The summed E-state index contributed by atoms with van der Waals surface area (Å²) in [5.41, 5.74) is 0. The van der Waals surface area contributed by atoms with Crippen LogP contribution in [0.1, 0.15) is 188 Å². The van der Waals surface area contributed by atoms with Gasteiger partial charge in [0.2, 0.25) is 0 Å². The van der Waals surface area contributed by atoms with Gasteiger partial charge in [-0.2, -0.15) is 0 Å². The van der Waals surface area contributed by atoms with E-state index in [1.807, 2.05) is 0 Å². The molecule has 5 heteroatoms. The van der Waals surface area contributed by atoms with Crippen molar-refractivity contribution in [3.05, 3.63) is 0 Å². The second kappa shape index (κ2) is 30.4. The van der Waals surface area contributed by atoms with Gasteiger partial charge in [0.25, 0.3) is 0 Å². The number of hydrogen-bond acceptors (Lipinski definition) is 5. The molecule has 244 valence electrons. The van der Waals surface area contributed by atoms with Gasteiger partial charge in [0.15, 0.2) is 0 Å². The van der Waals surface area contributed by atoms with Gasteiger partial charge >= 0.3 is 11.9 Å². The summed E-state index contributed by atoms with van der Waals surface area (Å²) in [4.78, 5) is 23.8. The van der Waals surface area contributed by atoms with E-state index in [0.717, 1.165) is 43.9 Å². The molecule has 0 aromatic rings. The molecular formula is C36H70O5. The van der Waals surface area contributed by atoms with Crippen LogP contribution >= 0.6 is 0 Å². The number of aliphatic hydroxyl groups excluding tert-OH is 1. The number of carbonyl (C=O) groups excluding carboxylic acids is 2. The first-order valence-corrected chi connectivity index (χ1v) is 17.8. The fourth-order valence-corrected chi connectivity index (χ4v) is 5.19. The highest BCUT2D eigenvalue weighted by molar-refractivity contribution is 5.69. The van der Waals surface area contributed by atoms with Crippen LogP contribution in [0.2, 0.25) is 0 Å². The molecule has 0 bridgehead atoms. The lowest BCUT2D eigenvalue weighted by molar-refractivity contribution is -0.152. The van der Waals surface area contributed by atoms with Crippen molar-refractivity contribution in [2.45, 2.75) is 194 Å². The summed E-state index contributed by atoms with van der Waals surface area (Å²) in [7, 11) is 0. The molecule has 0 radical (unpaired) electrons. The quantitative estimate of drug-likeness (QED) is 0.0650. The minimum Gasteiger partial charge on any atom is -0.463 e. The monoisotopic (exact) mass is 583 g/mol. The average molecular weight is 583 g/mol. The summed E-state index contributed by atoms with van der Waals surface area (Å²) in [6, 6.07) is 0. The van der Waals surface area contributed by atoms with E-state index in [-0.39, 0.29) is 25.2 Å². The van der Waals surface area contributed by atoms with E-state index in [1.54, 1.807) is 0 Å². The fraction of sp³-hybridized carbons (Fsp3) is 0.944. The molecule has 1 unspecified atom stereocenters. The third-order valence-corrected chi connectivity index (χ3v) is 8.31. The van der Waals surface area contributed by atoms with Crippen LogP contribution in [0.15, 0.2) is 0 Å². The summed E-state index contributed by atoms with van der Waals surface area (Å²) in [6.45, 7) is 8.99. The van der Waals surface area contributed by atoms with Gasteiger partial charge in [0.05, 0.1) is 0 Å². The molecule has 0 aliphatic carbocycles. The van der Waals surface area contributed by atoms with Crippen molar-refractivity contribution in [1.29, 1.82) is 0 Å². The van der Waals surface area contributed by atoms with Crippen LogP contribution < -0.4 is 0 Å². The second-order valence-corrected chi connectivity index (χ2v) is 13.1. The molecule has 5 nitrogen and oxygen atoms in total. The van der Waals surface area contributed by atoms with Crippen LogP contribution in [0.3, 0.4) is 0 Å². The first kappa shape index (κ1) is 39.9. The molecule has 0 aromatic heterocycles. The number of hydrogen-bond donors (Lipinski definition) is 1. The Bertz CT molecular complexity index is 576. The first-order chi connectivity index (χ1) is 19.8. The number of aliphatic hydroxyl groups is 1. The molecule has 0 saturated carbocycles. The minimum absolute atomic E-state index is 0.110. The lowest BCUT2D eigenvalue weighted by Crippen LogP contribution is -2.25. The molecule has 0 aliphatic heterocycles. The zero-order valence-electron chi connectivity index (χ0n) is 27.9. The van der Waals surface area contributed by atoms with Gasteiger partial charge in [-0.25, -0.2) is 0 Å². The van der Waals surface area contributed by atoms with Gasteiger partial charge in [-0.05, 0) is 24.7 Å². The van der Waals surface area contributed by atoms with Crippen LogP contribution in [0.25, 0.3) is 0 Å². The third kappa shape index (κ3) is 31.7. The van der Waals surface area contributed by atoms with E-state index in [1.165, 1.54) is 116 Å². The number of rotatable bonds is 31. The highest BCUT2D eigenvalue weighted by Gasteiger charge is 2.12. The molecule has 0 amide bonds. The Morgan fingerprint density at radius 3 is 1.17 bits per heavy atom. The normalized spacial score (nSPS) is 12.9. The Labute approximate surface area is 255 Å². The molecule has 41 heavy (non-hydrogen) atoms. The van der Waals surface area contributed by atoms with Gasteiger partial charge in [-0.1, -0.05) is 163 Å². The number of carbonyl (C=O) groups is 2. The van der Waals surface area contributed by atoms with Crippen LogP contribution in [0, 0.1) is 11.8 Å². The summed E-state index contributed by atoms with van der Waals surface area (Å²) in [5, 5.41) is 9.97. The van der Waals surface area contributed by atoms with E-state index in [9.17, 15) is 14.7 Å². The van der Waals surface area contributed by atoms with E-state index < -0.39 is 6.10 Å². The molecule has 0 saturated heterocycles. The molecule has 0 heterocycles. The molecule has 1 N–H and O–H groups in total. The lowest BCUT2D eigenvalue weighted by Gasteiger charge is -2.12. The summed E-state index contributed by atoms with van der Waals surface area (Å²) >= 11 is 0. The molecular weight excluding hydrogens is 512 g/mol. The summed E-state index contributed by atoms with van der Waals surface area (Å²) in [6.07, 6.45) is 28.6. The Morgan fingerprint density at radius 2 is 0.829 bits per heavy atom. The van der Waals surface area contributed by atoms with Gasteiger partial charge in [-0.15, -0.1) is 0 Å². The largest absolute Gasteiger partial charge is 0.463 e. The lowest BCUT2D eigenvalue weighted by atomic mass is 9.99. The van der Waals surface area contributed by atoms with Crippen LogP contribution in [-0.4, -0.2) is 36.4 Å². The maximum atomic E-state index is 11.9. The van der Waals surface area contributed by atoms with Gasteiger partial charge in [-0.3, -0.25) is 9.59 Å². The Morgan fingerprint density at radius 1 is 0.512 bits per heavy atom. The molecule has 0 spiro atoms. The predicted octanol–water partition coefficient (Wildman–Crippen LogP) is 10.5. The van der Waals surface area contributed by atoms with Gasteiger partial charge in [0, 0.05) is 12.8 Å². The molecule has 0 rings (SSSR count). The molecule has 0 fully saturated rings. The number of ether oxygens (including phenoxy) is 2. The Hall–Kier alpha value is -1.10. The smallest absolute Gasteiger partial charge is 0.305 e. The van der Waals surface area contributed by atoms with Gasteiger partial charge in [0.1, 0.15) is 19.3 Å². The minimum atomic E-state index is -0.955. The molecule has 0 aromatic carbocycles. The third-order valence-electron chi connectivity index (χ3n) is 8.31. The SMILES string of the molecule is CCC(C)CCCCCCCCCCC(=O)OC[C@@H](O)COC(=O)CCCCCCCCCCCCCCC(C)C. The van der Waals surface area contributed by atoms with Crippen LogP contribution in [0.4, 0.5) is 0 Å². The predicted molar refractivity (Wildman–Crippen MR) is 173 cm³/mol. The van der Waals surface area contributed by atoms with Crippen molar-refractivity contribution < 1.29 is 24.2 Å². The zero-order chi connectivity index (χ0) is 30.4. The van der Waals surface area contributed by atoms with E-state index in [0.29, 0.717) is 12.8 Å². The maximum absolute atomic E-state index is 11.9. The number of esters is 2. The van der Waals surface area contributed by atoms with Gasteiger partial charge < -0.3 is 14.6 Å². The Balaban J connectivity index is 3.42. The van der Waals surface area contributed by atoms with Crippen molar-refractivity contribution in [1.82, 2.24) is 0 Å².